The highest BCUT2D eigenvalue weighted by atomic mass is 32.2. The molecule has 144 valence electrons. The Balaban J connectivity index is 1.46. The summed E-state index contributed by atoms with van der Waals surface area (Å²) >= 11 is 0.392. The van der Waals surface area contributed by atoms with E-state index in [1.807, 2.05) is 30.5 Å². The van der Waals surface area contributed by atoms with E-state index in [0.29, 0.717) is 18.1 Å². The van der Waals surface area contributed by atoms with Gasteiger partial charge in [-0.15, -0.1) is 0 Å². The van der Waals surface area contributed by atoms with Crippen LogP contribution in [-0.2, 0) is 25.8 Å². The van der Waals surface area contributed by atoms with Crippen LogP contribution in [0, 0.1) is 0 Å². The van der Waals surface area contributed by atoms with Crippen LogP contribution in [0.5, 0.6) is 0 Å². The summed E-state index contributed by atoms with van der Waals surface area (Å²) < 4.78 is 13.4. The van der Waals surface area contributed by atoms with Crippen LogP contribution < -0.4 is 0 Å². The van der Waals surface area contributed by atoms with Crippen LogP contribution in [0.4, 0.5) is 3.89 Å². The zero-order chi connectivity index (χ0) is 19.3. The number of aryl methyl sites for hydroxylation is 1. The van der Waals surface area contributed by atoms with Gasteiger partial charge in [0, 0.05) is 17.7 Å². The molecule has 4 rings (SSSR count). The Morgan fingerprint density at radius 2 is 2.07 bits per heavy atom. The fraction of sp³-hybridized carbons (Fsp3) is 0.292. The lowest BCUT2D eigenvalue weighted by Crippen LogP contribution is -2.26. The highest BCUT2D eigenvalue weighted by molar-refractivity contribution is 7.94. The normalized spacial score (nSPS) is 18.6. The van der Waals surface area contributed by atoms with E-state index >= 15 is 0 Å². The molecule has 2 aromatic carbocycles. The Hall–Kier alpha value is -2.33. The van der Waals surface area contributed by atoms with Crippen molar-refractivity contribution in [2.75, 3.05) is 6.54 Å². The Morgan fingerprint density at radius 1 is 1.14 bits per heavy atom. The lowest BCUT2D eigenvalue weighted by atomic mass is 9.90. The molecule has 0 amide bonds. The molecule has 0 fully saturated rings. The fourth-order valence-corrected chi connectivity index (χ4v) is 4.89. The van der Waals surface area contributed by atoms with E-state index in [9.17, 15) is 3.89 Å². The molecule has 1 heterocycles. The number of rotatable bonds is 6. The van der Waals surface area contributed by atoms with Gasteiger partial charge in [-0.1, -0.05) is 49.1 Å². The summed E-state index contributed by atoms with van der Waals surface area (Å²) in [6.07, 6.45) is 11.5. The van der Waals surface area contributed by atoms with Crippen molar-refractivity contribution in [2.45, 2.75) is 43.0 Å². The highest BCUT2D eigenvalue weighted by Crippen LogP contribution is 2.41. The number of fused-ring (bicyclic) bond motifs is 2. The standard InChI is InChI=1S/C24H25FN2S/c1-2-3-4-13-26-27-14-12-20-15-18(8-9-22(20)17-27)16-21-11-10-19-6-5-7-23(28-25)24(19)21/h2-9,13,15,21H,1,10-12,14,16-17H2/b4-3-,26-13-. The quantitative estimate of drug-likeness (QED) is 0.441. The summed E-state index contributed by atoms with van der Waals surface area (Å²) in [5.41, 5.74) is 6.70. The van der Waals surface area contributed by atoms with Gasteiger partial charge in [0.05, 0.1) is 18.7 Å². The molecule has 0 radical (unpaired) electrons. The maximum atomic E-state index is 13.4. The van der Waals surface area contributed by atoms with Crippen LogP contribution >= 0.6 is 12.1 Å². The van der Waals surface area contributed by atoms with Crippen LogP contribution in [-0.4, -0.2) is 17.8 Å². The Morgan fingerprint density at radius 3 is 2.93 bits per heavy atom. The van der Waals surface area contributed by atoms with Crippen LogP contribution in [0.25, 0.3) is 0 Å². The van der Waals surface area contributed by atoms with Crippen molar-refractivity contribution >= 4 is 18.4 Å². The second-order valence-electron chi connectivity index (χ2n) is 7.47. The third kappa shape index (κ3) is 4.07. The van der Waals surface area contributed by atoms with Gasteiger partial charge in [0.25, 0.3) is 0 Å². The van der Waals surface area contributed by atoms with Gasteiger partial charge in [-0.2, -0.15) is 8.99 Å². The van der Waals surface area contributed by atoms with Crippen molar-refractivity contribution in [1.29, 1.82) is 0 Å². The van der Waals surface area contributed by atoms with Gasteiger partial charge in [0.1, 0.15) is 0 Å². The fourth-order valence-electron chi connectivity index (χ4n) is 4.38. The lowest BCUT2D eigenvalue weighted by Gasteiger charge is -2.27. The molecule has 0 saturated carbocycles. The minimum Gasteiger partial charge on any atom is -0.292 e. The summed E-state index contributed by atoms with van der Waals surface area (Å²) in [5, 5.41) is 6.61. The minimum absolute atomic E-state index is 0.392. The number of halogens is 1. The highest BCUT2D eigenvalue weighted by Gasteiger charge is 2.26. The number of allylic oxidation sites excluding steroid dienone is 3. The number of hydrogen-bond donors (Lipinski definition) is 0. The zero-order valence-corrected chi connectivity index (χ0v) is 16.8. The zero-order valence-electron chi connectivity index (χ0n) is 16.0. The minimum atomic E-state index is 0.392. The number of benzene rings is 2. The van der Waals surface area contributed by atoms with Gasteiger partial charge in [-0.05, 0) is 71.6 Å². The molecular formula is C24H25FN2S. The van der Waals surface area contributed by atoms with Crippen molar-refractivity contribution in [1.82, 2.24) is 5.01 Å². The van der Waals surface area contributed by atoms with Gasteiger partial charge < -0.3 is 0 Å². The number of hydrazone groups is 1. The lowest BCUT2D eigenvalue weighted by molar-refractivity contribution is 0.269. The molecule has 1 aliphatic heterocycles. The Bertz CT molecular complexity index is 919. The first-order valence-corrected chi connectivity index (χ1v) is 10.6. The summed E-state index contributed by atoms with van der Waals surface area (Å²) in [4.78, 5) is 0.803. The number of hydrogen-bond acceptors (Lipinski definition) is 3. The number of nitrogens with zero attached hydrogens (tertiary/aromatic N) is 2. The van der Waals surface area contributed by atoms with Gasteiger partial charge in [-0.25, -0.2) is 0 Å². The third-order valence-corrected chi connectivity index (χ3v) is 6.24. The summed E-state index contributed by atoms with van der Waals surface area (Å²) in [6.45, 7) is 5.44. The molecular weight excluding hydrogens is 367 g/mol. The predicted octanol–water partition coefficient (Wildman–Crippen LogP) is 6.02. The van der Waals surface area contributed by atoms with Crippen LogP contribution in [0.15, 0.2) is 71.2 Å². The van der Waals surface area contributed by atoms with Gasteiger partial charge in [0.2, 0.25) is 0 Å². The van der Waals surface area contributed by atoms with E-state index in [0.717, 1.165) is 43.7 Å². The summed E-state index contributed by atoms with van der Waals surface area (Å²) in [7, 11) is 0. The van der Waals surface area contributed by atoms with Crippen molar-refractivity contribution in [3.05, 3.63) is 89.0 Å². The second kappa shape index (κ2) is 8.78. The molecule has 28 heavy (non-hydrogen) atoms. The SMILES string of the molecule is C=C/C=C\C=N/N1CCc2cc(CC3CCc4cccc(SF)c43)ccc2C1. The maximum absolute atomic E-state index is 13.4. The molecule has 1 unspecified atom stereocenters. The summed E-state index contributed by atoms with van der Waals surface area (Å²) in [5.74, 6) is 0.425. The van der Waals surface area contributed by atoms with E-state index < -0.39 is 0 Å². The third-order valence-electron chi connectivity index (χ3n) is 5.72. The molecule has 2 aliphatic rings. The van der Waals surface area contributed by atoms with Gasteiger partial charge >= 0.3 is 0 Å². The predicted molar refractivity (Wildman–Crippen MR) is 117 cm³/mol. The van der Waals surface area contributed by atoms with E-state index in [1.54, 1.807) is 6.08 Å². The first kappa shape index (κ1) is 19.0. The molecule has 0 N–H and O–H groups in total. The second-order valence-corrected chi connectivity index (χ2v) is 8.07. The molecule has 0 saturated heterocycles. The smallest absolute Gasteiger partial charge is 0.0815 e. The molecule has 0 spiro atoms. The molecule has 2 nitrogen and oxygen atoms in total. The molecule has 1 atom stereocenters. The van der Waals surface area contributed by atoms with E-state index in [2.05, 4.69) is 41.0 Å². The molecule has 4 heteroatoms. The van der Waals surface area contributed by atoms with Crippen LogP contribution in [0.1, 0.15) is 40.2 Å². The topological polar surface area (TPSA) is 15.6 Å². The van der Waals surface area contributed by atoms with Gasteiger partial charge in [0.15, 0.2) is 0 Å². The van der Waals surface area contributed by atoms with E-state index in [4.69, 9.17) is 0 Å². The first-order chi connectivity index (χ1) is 13.8. The van der Waals surface area contributed by atoms with Crippen LogP contribution in [0.2, 0.25) is 0 Å². The van der Waals surface area contributed by atoms with Crippen LogP contribution in [0.3, 0.4) is 0 Å². The van der Waals surface area contributed by atoms with Gasteiger partial charge in [-0.3, -0.25) is 5.01 Å². The van der Waals surface area contributed by atoms with E-state index in [1.165, 1.54) is 27.8 Å². The molecule has 2 aromatic rings. The van der Waals surface area contributed by atoms with E-state index in [-0.39, 0.29) is 0 Å². The van der Waals surface area contributed by atoms with Crippen molar-refractivity contribution in [3.63, 3.8) is 0 Å². The molecule has 1 aliphatic carbocycles. The maximum Gasteiger partial charge on any atom is 0.0815 e. The Labute approximate surface area is 171 Å². The van der Waals surface area contributed by atoms with Crippen molar-refractivity contribution < 1.29 is 3.89 Å². The average Bonchev–Trinajstić information content (AvgIpc) is 3.14. The summed E-state index contributed by atoms with van der Waals surface area (Å²) in [6, 6.07) is 12.9. The first-order valence-electron chi connectivity index (χ1n) is 9.86. The molecule has 0 aromatic heterocycles. The Kier molecular flexibility index (Phi) is 5.96. The molecule has 0 bridgehead atoms. The van der Waals surface area contributed by atoms with Crippen molar-refractivity contribution in [2.24, 2.45) is 5.10 Å². The monoisotopic (exact) mass is 392 g/mol. The average molecular weight is 393 g/mol. The largest absolute Gasteiger partial charge is 0.292 e. The van der Waals surface area contributed by atoms with Crippen molar-refractivity contribution in [3.8, 4) is 0 Å².